The van der Waals surface area contributed by atoms with Gasteiger partial charge in [-0.3, -0.25) is 38.4 Å². The van der Waals surface area contributed by atoms with Gasteiger partial charge >= 0.3 is 5.97 Å². The van der Waals surface area contributed by atoms with Crippen molar-refractivity contribution in [2.75, 3.05) is 30.1 Å². The van der Waals surface area contributed by atoms with Crippen molar-refractivity contribution in [1.29, 1.82) is 0 Å². The van der Waals surface area contributed by atoms with Gasteiger partial charge in [-0.2, -0.15) is 37.0 Å². The van der Waals surface area contributed by atoms with Crippen molar-refractivity contribution in [2.24, 2.45) is 11.7 Å². The number of nitrogens with two attached hydrogens (primary N) is 1. The van der Waals surface area contributed by atoms with Crippen LogP contribution in [0.2, 0.25) is 0 Å². The van der Waals surface area contributed by atoms with Crippen molar-refractivity contribution in [3.8, 4) is 0 Å². The highest BCUT2D eigenvalue weighted by Gasteiger charge is 2.40. The van der Waals surface area contributed by atoms with Crippen LogP contribution >= 0.6 is 37.0 Å². The number of carboxylic acid groups (broad SMARTS) is 1. The number of aliphatic carboxylic acids is 1. The number of thiol groups is 2. The van der Waals surface area contributed by atoms with Gasteiger partial charge in [-0.25, -0.2) is 9.78 Å². The minimum Gasteiger partial charge on any atom is -0.480 e. The minimum absolute atomic E-state index is 0.0135. The van der Waals surface area contributed by atoms with Gasteiger partial charge in [0.1, 0.15) is 48.3 Å². The van der Waals surface area contributed by atoms with Gasteiger partial charge in [0.25, 0.3) is 0 Å². The summed E-state index contributed by atoms with van der Waals surface area (Å²) in [6, 6.07) is -5.05. The predicted octanol–water partition coefficient (Wildman–Crippen LogP) is -2.11. The van der Waals surface area contributed by atoms with E-state index in [1.54, 1.807) is 50.6 Å². The summed E-state index contributed by atoms with van der Waals surface area (Å²) in [6.07, 6.45) is 3.51. The lowest BCUT2D eigenvalue weighted by Crippen LogP contribution is -2.63. The molecule has 1 aliphatic heterocycles. The summed E-state index contributed by atoms with van der Waals surface area (Å²) < 4.78 is 0. The zero-order valence-electron chi connectivity index (χ0n) is 41.8. The number of aromatic amines is 2. The summed E-state index contributed by atoms with van der Waals surface area (Å²) >= 11 is 9.45. The molecule has 0 spiro atoms. The average Bonchev–Trinajstić information content (AvgIpc) is 4.16. The van der Waals surface area contributed by atoms with E-state index in [1.807, 2.05) is 0 Å². The van der Waals surface area contributed by atoms with E-state index in [9.17, 15) is 58.5 Å². The topological polar surface area (TPSA) is 372 Å². The smallest absolute Gasteiger partial charge is 0.327 e. The van der Waals surface area contributed by atoms with Crippen molar-refractivity contribution >= 4 is 101 Å². The van der Waals surface area contributed by atoms with Crippen LogP contribution in [0, 0.1) is 5.92 Å². The quantitative estimate of drug-likeness (QED) is 0.0331. The minimum atomic E-state index is -1.76. The highest BCUT2D eigenvalue weighted by Crippen LogP contribution is 2.21. The number of nitrogens with one attached hydrogen (secondary N) is 9. The summed E-state index contributed by atoms with van der Waals surface area (Å²) in [5.74, 6) is -8.06. The van der Waals surface area contributed by atoms with Gasteiger partial charge in [-0.1, -0.05) is 32.0 Å². The number of thioether (sulfide) groups is 1. The number of aliphatic hydroxyl groups is 2. The van der Waals surface area contributed by atoms with Crippen molar-refractivity contribution in [3.63, 3.8) is 0 Å². The third kappa shape index (κ3) is 17.4. The number of carbonyl (C=O) groups excluding carboxylic acids is 8. The molecule has 1 aliphatic rings. The Morgan fingerprint density at radius 2 is 1.32 bits per heavy atom. The largest absolute Gasteiger partial charge is 0.480 e. The molecule has 24 nitrogen and oxygen atoms in total. The molecule has 2 aromatic heterocycles. The molecule has 0 bridgehead atoms. The van der Waals surface area contributed by atoms with E-state index in [4.69, 9.17) is 5.73 Å². The Morgan fingerprint density at radius 3 is 1.92 bits per heavy atom. The average molecular weight is 1090 g/mol. The Bertz CT molecular complexity index is 2410. The lowest BCUT2D eigenvalue weighted by atomic mass is 9.99. The molecule has 1 fully saturated rings. The van der Waals surface area contributed by atoms with E-state index in [2.05, 4.69) is 77.4 Å². The number of aromatic nitrogens is 3. The SMILES string of the molecule is CSCC[C@H](NC(=O)[C@H](Cc1cnc[nH]1)NC(=O)[C@@H](NC(=O)[C@H](Cc1c[nH]c2ccccc12)NC(=O)[C@H](CC(C)C)NC(=O)[C@@H](NC(=O)[C@@H]1CCCN1C(=O)[C@@H](N)CS)[C@@H](C)O)[C@@H](C)O)C(=O)N[C@@H](CS)C(=O)O. The third-order valence-electron chi connectivity index (χ3n) is 12.2. The van der Waals surface area contributed by atoms with Gasteiger partial charge < -0.3 is 73.1 Å². The number of para-hydroxylation sites is 1. The molecular formula is C47H70N12O12S3. The maximum atomic E-state index is 14.5. The lowest BCUT2D eigenvalue weighted by molar-refractivity contribution is -0.141. The summed E-state index contributed by atoms with van der Waals surface area (Å²) in [4.78, 5) is 134. The highest BCUT2D eigenvalue weighted by atomic mass is 32.2. The number of likely N-dealkylation sites (tertiary alicyclic amines) is 1. The second-order valence-electron chi connectivity index (χ2n) is 18.5. The van der Waals surface area contributed by atoms with Gasteiger partial charge in [0.05, 0.1) is 24.6 Å². The Morgan fingerprint density at radius 1 is 0.757 bits per heavy atom. The predicted molar refractivity (Wildman–Crippen MR) is 282 cm³/mol. The number of hydrogen-bond donors (Lipinski definition) is 15. The fourth-order valence-corrected chi connectivity index (χ4v) is 9.07. The third-order valence-corrected chi connectivity index (χ3v) is 13.6. The van der Waals surface area contributed by atoms with Crippen molar-refractivity contribution in [2.45, 2.75) is 133 Å². The van der Waals surface area contributed by atoms with Gasteiger partial charge in [0.15, 0.2) is 0 Å². The van der Waals surface area contributed by atoms with E-state index in [1.165, 1.54) is 43.0 Å². The normalized spacial score (nSPS) is 17.6. The van der Waals surface area contributed by atoms with Crippen LogP contribution in [0.3, 0.4) is 0 Å². The molecule has 1 aromatic carbocycles. The van der Waals surface area contributed by atoms with Gasteiger partial charge in [0.2, 0.25) is 47.3 Å². The summed E-state index contributed by atoms with van der Waals surface area (Å²) in [6.45, 7) is 6.29. The second kappa shape index (κ2) is 29.3. The number of hydrogen-bond acceptors (Lipinski definition) is 16. The molecule has 27 heteroatoms. The Labute approximate surface area is 443 Å². The fourth-order valence-electron chi connectivity index (χ4n) is 8.20. The lowest BCUT2D eigenvalue weighted by Gasteiger charge is -2.30. The van der Waals surface area contributed by atoms with Crippen LogP contribution in [0.15, 0.2) is 43.0 Å². The van der Waals surface area contributed by atoms with Crippen LogP contribution in [0.5, 0.6) is 0 Å². The number of rotatable bonds is 29. The zero-order chi connectivity index (χ0) is 54.8. The molecule has 1 saturated heterocycles. The van der Waals surface area contributed by atoms with Crippen molar-refractivity contribution < 1.29 is 58.5 Å². The monoisotopic (exact) mass is 1090 g/mol. The summed E-state index contributed by atoms with van der Waals surface area (Å²) in [5.41, 5.74) is 7.56. The molecule has 3 heterocycles. The first-order valence-electron chi connectivity index (χ1n) is 24.1. The Hall–Kier alpha value is -5.87. The molecular weight excluding hydrogens is 1020 g/mol. The van der Waals surface area contributed by atoms with E-state index < -0.39 is 120 Å². The molecule has 3 aromatic rings. The number of imidazole rings is 1. The molecule has 14 N–H and O–H groups in total. The van der Waals surface area contributed by atoms with Crippen LogP contribution < -0.4 is 43.0 Å². The first kappa shape index (κ1) is 60.7. The van der Waals surface area contributed by atoms with E-state index in [0.717, 1.165) is 0 Å². The highest BCUT2D eigenvalue weighted by molar-refractivity contribution is 7.98. The molecule has 0 saturated carbocycles. The molecule has 8 amide bonds. The standard InChI is InChI=1S/C47H70N12O12S3/c1-23(2)15-32(54-45(68)38(25(4)61)58-43(66)36-11-8-13-59(36)46(69)29(48)20-72)40(63)53-33(16-26-18-50-30-10-7-6-9-28(26)30)42(65)57-37(24(3)60)44(67)55-34(17-27-19-49-22-51-27)41(64)52-31(12-14-74-5)39(62)56-35(21-73)47(70)71/h6-7,9-10,18-19,22-25,29,31-38,50,60-61,72-73H,8,11-17,20-21,48H2,1-5H3,(H,49,51)(H,52,64)(H,53,63)(H,54,68)(H,55,67)(H,56,62)(H,57,65)(H,58,66)(H,70,71)/t24-,25-,29+,31+,32+,33+,34+,35+,36+,37+,38+/m1/s1. The molecule has 4 rings (SSSR count). The molecule has 11 atom stereocenters. The number of amides is 8. The van der Waals surface area contributed by atoms with Crippen LogP contribution in [-0.2, 0) is 56.0 Å². The van der Waals surface area contributed by atoms with Gasteiger partial charge in [0, 0.05) is 59.9 Å². The first-order valence-corrected chi connectivity index (χ1v) is 26.8. The molecule has 408 valence electrons. The fraction of sp³-hybridized carbons (Fsp3) is 0.574. The van der Waals surface area contributed by atoms with Crippen LogP contribution in [0.25, 0.3) is 10.9 Å². The van der Waals surface area contributed by atoms with Crippen LogP contribution in [-0.4, -0.2) is 185 Å². The molecule has 0 aliphatic carbocycles. The number of carbonyl (C=O) groups is 9. The van der Waals surface area contributed by atoms with Crippen molar-refractivity contribution in [3.05, 3.63) is 54.2 Å². The number of carboxylic acids is 1. The number of H-pyrrole nitrogens is 2. The van der Waals surface area contributed by atoms with Gasteiger partial charge in [-0.15, -0.1) is 0 Å². The van der Waals surface area contributed by atoms with Crippen molar-refractivity contribution in [1.82, 2.24) is 57.1 Å². The summed E-state index contributed by atoms with van der Waals surface area (Å²) in [7, 11) is 0. The van der Waals surface area contributed by atoms with E-state index >= 15 is 0 Å². The first-order chi connectivity index (χ1) is 35.1. The molecule has 74 heavy (non-hydrogen) atoms. The molecule has 0 radical (unpaired) electrons. The van der Waals surface area contributed by atoms with E-state index in [0.29, 0.717) is 34.3 Å². The summed E-state index contributed by atoms with van der Waals surface area (Å²) in [5, 5.41) is 49.9. The maximum Gasteiger partial charge on any atom is 0.327 e. The molecule has 0 unspecified atom stereocenters. The van der Waals surface area contributed by atoms with Crippen LogP contribution in [0.4, 0.5) is 0 Å². The second-order valence-corrected chi connectivity index (χ2v) is 20.2. The van der Waals surface area contributed by atoms with Crippen LogP contribution in [0.1, 0.15) is 64.6 Å². The zero-order valence-corrected chi connectivity index (χ0v) is 44.4. The van der Waals surface area contributed by atoms with E-state index in [-0.39, 0.29) is 56.1 Å². The maximum absolute atomic E-state index is 14.5. The Balaban J connectivity index is 1.61. The number of benzene rings is 1. The number of aliphatic hydroxyl groups excluding tert-OH is 2. The number of nitrogens with zero attached hydrogens (tertiary/aromatic N) is 2. The van der Waals surface area contributed by atoms with Gasteiger partial charge in [-0.05, 0) is 69.1 Å². The number of fused-ring (bicyclic) bond motifs is 1. The Kier molecular flexibility index (Phi) is 24.0.